The fourth-order valence-corrected chi connectivity index (χ4v) is 1.83. The number of Topliss-reactive ketones (excluding diaryl/α,β-unsaturated/α-hetero) is 1. The van der Waals surface area contributed by atoms with Gasteiger partial charge < -0.3 is 5.11 Å². The van der Waals surface area contributed by atoms with Crippen LogP contribution in [-0.2, 0) is 0 Å². The molecule has 3 N–H and O–H groups in total. The molecule has 1 aromatic carbocycles. The Hall–Kier alpha value is -1.92. The first-order valence-corrected chi connectivity index (χ1v) is 4.69. The maximum Gasteiger partial charge on any atom is 0.421 e. The number of hydrogen-bond acceptors (Lipinski definition) is 4. The zero-order chi connectivity index (χ0) is 11.7. The number of amides is 1. The maximum absolute atomic E-state index is 11.6. The first-order valence-electron chi connectivity index (χ1n) is 4.69. The zero-order valence-electron chi connectivity index (χ0n) is 8.25. The van der Waals surface area contributed by atoms with Crippen LogP contribution in [0.4, 0.5) is 4.79 Å². The van der Waals surface area contributed by atoms with E-state index in [0.29, 0.717) is 16.3 Å². The van der Waals surface area contributed by atoms with Gasteiger partial charge in [-0.1, -0.05) is 29.4 Å². The highest BCUT2D eigenvalue weighted by molar-refractivity contribution is 6.01. The topological polar surface area (TPSA) is 89.9 Å². The van der Waals surface area contributed by atoms with E-state index in [1.165, 1.54) is 0 Å². The van der Waals surface area contributed by atoms with Crippen LogP contribution in [0.25, 0.3) is 0 Å². The molecule has 0 spiro atoms. The number of carbonyl (C=O) groups is 2. The lowest BCUT2D eigenvalue weighted by Gasteiger charge is -2.20. The zero-order valence-corrected chi connectivity index (χ0v) is 8.25. The smallest absolute Gasteiger partial charge is 0.421 e. The average molecular weight is 222 g/mol. The highest BCUT2D eigenvalue weighted by atomic mass is 16.6. The van der Waals surface area contributed by atoms with Gasteiger partial charge >= 0.3 is 6.09 Å². The van der Waals surface area contributed by atoms with Crippen LogP contribution >= 0.6 is 0 Å². The van der Waals surface area contributed by atoms with Crippen molar-refractivity contribution in [2.45, 2.75) is 12.5 Å². The highest BCUT2D eigenvalue weighted by Crippen LogP contribution is 2.33. The molecule has 0 heterocycles. The van der Waals surface area contributed by atoms with Crippen molar-refractivity contribution in [2.75, 3.05) is 0 Å². The van der Waals surface area contributed by atoms with Crippen LogP contribution in [0.5, 0.6) is 0 Å². The molecule has 1 aliphatic carbocycles. The van der Waals surface area contributed by atoms with E-state index in [9.17, 15) is 14.8 Å². The summed E-state index contributed by atoms with van der Waals surface area (Å²) in [4.78, 5) is 21.9. The highest BCUT2D eigenvalue weighted by Gasteiger charge is 2.33. The third kappa shape index (κ3) is 1.75. The lowest BCUT2D eigenvalue weighted by molar-refractivity contribution is -0.160. The number of hydrogen-bond donors (Lipinski definition) is 3. The molecule has 16 heavy (non-hydrogen) atoms. The van der Waals surface area contributed by atoms with E-state index in [0.717, 1.165) is 0 Å². The van der Waals surface area contributed by atoms with Crippen LogP contribution in [0.15, 0.2) is 24.3 Å². The average Bonchev–Trinajstić information content (AvgIpc) is 2.56. The van der Waals surface area contributed by atoms with Crippen molar-refractivity contribution in [3.05, 3.63) is 35.4 Å². The number of hydroxylamine groups is 1. The van der Waals surface area contributed by atoms with E-state index in [2.05, 4.69) is 0 Å². The number of fused-ring (bicyclic) bond motifs is 1. The lowest BCUT2D eigenvalue weighted by atomic mass is 10.1. The number of nitrogens with zero attached hydrogens (tertiary/aromatic N) is 1. The third-order valence-corrected chi connectivity index (χ3v) is 2.50. The summed E-state index contributed by atoms with van der Waals surface area (Å²) in [7, 11) is 0. The van der Waals surface area contributed by atoms with Crippen LogP contribution in [-0.4, -0.2) is 27.4 Å². The molecule has 0 aromatic heterocycles. The van der Waals surface area contributed by atoms with E-state index in [1.807, 2.05) is 0 Å². The normalized spacial score (nSPS) is 18.6. The standard InChI is InChI=1S/C10H10N2O4/c13-9-5-8(12(16)11-10(14)15)6-3-1-2-4-7(6)9/h1-4,8,11,16H,5H2,(H,14,15). The van der Waals surface area contributed by atoms with E-state index in [4.69, 9.17) is 5.11 Å². The fourth-order valence-electron chi connectivity index (χ4n) is 1.83. The van der Waals surface area contributed by atoms with Crippen molar-refractivity contribution >= 4 is 11.9 Å². The summed E-state index contributed by atoms with van der Waals surface area (Å²) in [6.45, 7) is 0. The Morgan fingerprint density at radius 3 is 2.81 bits per heavy atom. The third-order valence-electron chi connectivity index (χ3n) is 2.50. The monoisotopic (exact) mass is 222 g/mol. The Labute approximate surface area is 91.0 Å². The number of ketones is 1. The van der Waals surface area contributed by atoms with Gasteiger partial charge in [-0.05, 0) is 5.56 Å². The van der Waals surface area contributed by atoms with E-state index < -0.39 is 12.1 Å². The number of benzene rings is 1. The SMILES string of the molecule is O=C(O)NN(O)C1CC(=O)c2ccccc21. The molecular formula is C10H10N2O4. The van der Waals surface area contributed by atoms with Crippen molar-refractivity contribution in [1.29, 1.82) is 0 Å². The van der Waals surface area contributed by atoms with E-state index in [-0.39, 0.29) is 12.2 Å². The number of rotatable bonds is 2. The van der Waals surface area contributed by atoms with Gasteiger partial charge in [0.05, 0.1) is 6.04 Å². The fraction of sp³-hybridized carbons (Fsp3) is 0.200. The minimum absolute atomic E-state index is 0.0656. The Morgan fingerprint density at radius 2 is 2.12 bits per heavy atom. The molecule has 0 fully saturated rings. The lowest BCUT2D eigenvalue weighted by Crippen LogP contribution is -2.40. The van der Waals surface area contributed by atoms with Crippen LogP contribution < -0.4 is 5.43 Å². The summed E-state index contributed by atoms with van der Waals surface area (Å²) in [5.74, 6) is -0.105. The van der Waals surface area contributed by atoms with E-state index in [1.54, 1.807) is 29.7 Å². The second kappa shape index (κ2) is 3.92. The molecule has 1 amide bonds. The van der Waals surface area contributed by atoms with Gasteiger partial charge in [0.2, 0.25) is 0 Å². The molecule has 6 nitrogen and oxygen atoms in total. The second-order valence-corrected chi connectivity index (χ2v) is 3.49. The van der Waals surface area contributed by atoms with E-state index >= 15 is 0 Å². The van der Waals surface area contributed by atoms with Gasteiger partial charge in [-0.3, -0.25) is 10.0 Å². The van der Waals surface area contributed by atoms with Crippen molar-refractivity contribution in [3.63, 3.8) is 0 Å². The Bertz CT molecular complexity index is 446. The van der Waals surface area contributed by atoms with Gasteiger partial charge in [0, 0.05) is 12.0 Å². The van der Waals surface area contributed by atoms with Crippen LogP contribution in [0.1, 0.15) is 28.4 Å². The predicted octanol–water partition coefficient (Wildman–Crippen LogP) is 1.19. The van der Waals surface area contributed by atoms with Crippen molar-refractivity contribution in [2.24, 2.45) is 0 Å². The number of hydrazine groups is 1. The van der Waals surface area contributed by atoms with Crippen LogP contribution in [0, 0.1) is 0 Å². The molecule has 6 heteroatoms. The molecule has 1 aliphatic rings. The van der Waals surface area contributed by atoms with Crippen molar-refractivity contribution in [3.8, 4) is 0 Å². The molecule has 0 bridgehead atoms. The van der Waals surface area contributed by atoms with Crippen LogP contribution in [0.3, 0.4) is 0 Å². The van der Waals surface area contributed by atoms with Gasteiger partial charge in [0.15, 0.2) is 5.78 Å². The minimum atomic E-state index is -1.38. The predicted molar refractivity (Wildman–Crippen MR) is 52.9 cm³/mol. The molecule has 1 aromatic rings. The molecule has 0 radical (unpaired) electrons. The molecule has 0 aliphatic heterocycles. The van der Waals surface area contributed by atoms with Gasteiger partial charge in [0.1, 0.15) is 0 Å². The minimum Gasteiger partial charge on any atom is -0.464 e. The first-order chi connectivity index (χ1) is 7.59. The maximum atomic E-state index is 11.6. The molecule has 84 valence electrons. The Kier molecular flexibility index (Phi) is 2.59. The summed E-state index contributed by atoms with van der Waals surface area (Å²) in [6, 6.07) is 6.16. The molecule has 0 saturated carbocycles. The Balaban J connectivity index is 2.26. The Morgan fingerprint density at radius 1 is 1.44 bits per heavy atom. The van der Waals surface area contributed by atoms with Gasteiger partial charge in [-0.15, -0.1) is 0 Å². The summed E-state index contributed by atoms with van der Waals surface area (Å²) < 4.78 is 0. The number of carboxylic acid groups (broad SMARTS) is 1. The van der Waals surface area contributed by atoms with Crippen LogP contribution in [0.2, 0.25) is 0 Å². The molecule has 1 unspecified atom stereocenters. The molecule has 1 atom stereocenters. The summed E-state index contributed by atoms with van der Waals surface area (Å²) in [5.41, 5.74) is 2.95. The largest absolute Gasteiger partial charge is 0.464 e. The summed E-state index contributed by atoms with van der Waals surface area (Å²) in [6.07, 6.45) is -1.31. The molecule has 0 saturated heterocycles. The van der Waals surface area contributed by atoms with Gasteiger partial charge in [0.25, 0.3) is 0 Å². The first kappa shape index (κ1) is 10.6. The van der Waals surface area contributed by atoms with Gasteiger partial charge in [-0.2, -0.15) is 0 Å². The molecule has 2 rings (SSSR count). The van der Waals surface area contributed by atoms with Crippen molar-refractivity contribution < 1.29 is 19.9 Å². The number of nitrogens with one attached hydrogen (secondary N) is 1. The number of carbonyl (C=O) groups excluding carboxylic acids is 1. The van der Waals surface area contributed by atoms with Crippen molar-refractivity contribution in [1.82, 2.24) is 10.6 Å². The summed E-state index contributed by atoms with van der Waals surface area (Å²) in [5, 5.41) is 18.4. The summed E-state index contributed by atoms with van der Waals surface area (Å²) >= 11 is 0. The molecular weight excluding hydrogens is 212 g/mol. The second-order valence-electron chi connectivity index (χ2n) is 3.49. The quantitative estimate of drug-likeness (QED) is 0.654. The van der Waals surface area contributed by atoms with Gasteiger partial charge in [-0.25, -0.2) is 10.2 Å².